The van der Waals surface area contributed by atoms with Crippen molar-refractivity contribution in [3.8, 4) is 0 Å². The van der Waals surface area contributed by atoms with Crippen LogP contribution in [0.2, 0.25) is 0 Å². The second kappa shape index (κ2) is 4.22. The van der Waals surface area contributed by atoms with Gasteiger partial charge in [-0.05, 0) is 13.8 Å². The molecule has 0 rings (SSSR count). The van der Waals surface area contributed by atoms with Gasteiger partial charge in [-0.15, -0.1) is 0 Å². The first-order valence-electron chi connectivity index (χ1n) is 2.78. The third-order valence-electron chi connectivity index (χ3n) is 1.06. The van der Waals surface area contributed by atoms with Crippen LogP contribution in [0.3, 0.4) is 0 Å². The Kier molecular flexibility index (Phi) is 4.33. The van der Waals surface area contributed by atoms with Crippen molar-refractivity contribution in [2.24, 2.45) is 0 Å². The van der Waals surface area contributed by atoms with Crippen molar-refractivity contribution >= 4 is 16.3 Å². The van der Waals surface area contributed by atoms with Crippen LogP contribution in [0, 0.1) is 0 Å². The van der Waals surface area contributed by atoms with Gasteiger partial charge in [-0.25, -0.2) is 0 Å². The Morgan fingerprint density at radius 1 is 1.40 bits per heavy atom. The molecule has 10 heavy (non-hydrogen) atoms. The first-order chi connectivity index (χ1) is 4.48. The van der Waals surface area contributed by atoms with Gasteiger partial charge in [-0.2, -0.15) is 8.39 Å². The van der Waals surface area contributed by atoms with E-state index >= 15 is 0 Å². The van der Waals surface area contributed by atoms with Crippen LogP contribution in [0.1, 0.15) is 13.8 Å². The van der Waals surface area contributed by atoms with E-state index in [0.717, 1.165) is 0 Å². The molecule has 0 aliphatic carbocycles. The summed E-state index contributed by atoms with van der Waals surface area (Å²) in [6.45, 7) is 3.37. The number of rotatable bonds is 4. The van der Waals surface area contributed by atoms with Crippen LogP contribution in [-0.4, -0.2) is 20.1 Å². The predicted molar refractivity (Wildman–Crippen MR) is 38.5 cm³/mol. The average Bonchev–Trinajstić information content (AvgIpc) is 1.85. The Bertz CT molecular complexity index is 101. The van der Waals surface area contributed by atoms with Crippen molar-refractivity contribution in [2.75, 3.05) is 7.11 Å². The van der Waals surface area contributed by atoms with Gasteiger partial charge in [0.05, 0.1) is 5.50 Å². The molecule has 0 aromatic heterocycles. The fourth-order valence-corrected chi connectivity index (χ4v) is 0.672. The van der Waals surface area contributed by atoms with Crippen molar-refractivity contribution in [1.82, 2.24) is 0 Å². The highest BCUT2D eigenvalue weighted by Crippen LogP contribution is 2.39. The smallest absolute Gasteiger partial charge is 0.384 e. The van der Waals surface area contributed by atoms with Crippen molar-refractivity contribution in [1.29, 1.82) is 0 Å². The minimum absolute atomic E-state index is 0.0673. The maximum atomic E-state index is 11.5. The van der Waals surface area contributed by atoms with E-state index in [9.17, 15) is 8.39 Å². The summed E-state index contributed by atoms with van der Waals surface area (Å²) < 4.78 is 31.9. The zero-order valence-corrected chi connectivity index (χ0v) is 7.12. The van der Waals surface area contributed by atoms with Gasteiger partial charge in [-0.3, -0.25) is 0 Å². The molecule has 0 bridgehead atoms. The number of methoxy groups -OCH3 is 1. The third-order valence-corrected chi connectivity index (χ3v) is 1.39. The van der Waals surface area contributed by atoms with E-state index < -0.39 is 14.3 Å². The first-order valence-corrected chi connectivity index (χ1v) is 3.82. The number of hydrogen-bond donors (Lipinski definition) is 0. The summed E-state index contributed by atoms with van der Waals surface area (Å²) in [6, 6.07) is 0. The Labute approximate surface area is 61.2 Å². The molecule has 0 radical (unpaired) electrons. The number of halogens is 2. The second-order valence-electron chi connectivity index (χ2n) is 2.44. The predicted octanol–water partition coefficient (Wildman–Crippen LogP) is 1.90. The van der Waals surface area contributed by atoms with Crippen molar-refractivity contribution < 1.29 is 17.6 Å². The Morgan fingerprint density at radius 2 is 1.90 bits per heavy atom. The van der Waals surface area contributed by atoms with Crippen LogP contribution in [0.25, 0.3) is 0 Å². The third kappa shape index (κ3) is 5.09. The molecule has 0 fully saturated rings. The molecule has 0 spiro atoms. The second-order valence-corrected chi connectivity index (χ2v) is 3.10. The molecule has 0 saturated heterocycles. The number of hydrogen-bond acceptors (Lipinski definition) is 2. The van der Waals surface area contributed by atoms with E-state index in [1.807, 2.05) is 0 Å². The summed E-state index contributed by atoms with van der Waals surface area (Å²) in [5.41, 5.74) is -0.612. The van der Waals surface area contributed by atoms with E-state index in [0.29, 0.717) is 0 Å². The maximum Gasteiger partial charge on any atom is 0.400 e. The zero-order chi connectivity index (χ0) is 8.20. The van der Waals surface area contributed by atoms with Crippen molar-refractivity contribution in [3.05, 3.63) is 0 Å². The normalized spacial score (nSPS) is 12.2. The summed E-state index contributed by atoms with van der Waals surface area (Å²) in [7, 11) is -1.86. The van der Waals surface area contributed by atoms with E-state index in [-0.39, 0.29) is 7.48 Å². The van der Waals surface area contributed by atoms with E-state index in [2.05, 4.69) is 4.44 Å². The maximum absolute atomic E-state index is 11.5. The van der Waals surface area contributed by atoms with Crippen LogP contribution >= 0.6 is 8.77 Å². The van der Waals surface area contributed by atoms with E-state index in [1.54, 1.807) is 13.8 Å². The van der Waals surface area contributed by atoms with E-state index in [4.69, 9.17) is 4.74 Å². The van der Waals surface area contributed by atoms with Crippen LogP contribution < -0.4 is 0 Å². The molecule has 0 aromatic rings. The molecular formula is C4H10BF2O2P. The molecule has 60 valence electrons. The largest absolute Gasteiger partial charge is 0.400 e. The molecule has 2 nitrogen and oxygen atoms in total. The van der Waals surface area contributed by atoms with Crippen LogP contribution in [0.5, 0.6) is 0 Å². The Hall–Kier alpha value is 0.275. The lowest BCUT2D eigenvalue weighted by Crippen LogP contribution is -2.31. The molecule has 0 saturated carbocycles. The van der Waals surface area contributed by atoms with Gasteiger partial charge in [-0.1, -0.05) is 0 Å². The molecule has 0 N–H and O–H groups in total. The van der Waals surface area contributed by atoms with Gasteiger partial charge >= 0.3 is 16.3 Å². The molecule has 0 aliphatic heterocycles. The van der Waals surface area contributed by atoms with Crippen LogP contribution in [-0.2, 0) is 9.18 Å². The highest BCUT2D eigenvalue weighted by atomic mass is 31.2. The van der Waals surface area contributed by atoms with Gasteiger partial charge in [0.1, 0.15) is 0 Å². The fraction of sp³-hybridized carbons (Fsp3) is 1.00. The Balaban J connectivity index is 3.46. The molecular weight excluding hydrogens is 160 g/mol. The van der Waals surface area contributed by atoms with Gasteiger partial charge in [0.25, 0.3) is 0 Å². The molecule has 6 heteroatoms. The summed E-state index contributed by atoms with van der Waals surface area (Å²) >= 11 is 0. The highest BCUT2D eigenvalue weighted by molar-refractivity contribution is 7.42. The monoisotopic (exact) mass is 170 g/mol. The number of ether oxygens (including phenoxy) is 1. The van der Waals surface area contributed by atoms with Gasteiger partial charge in [0.15, 0.2) is 0 Å². The van der Waals surface area contributed by atoms with Crippen molar-refractivity contribution in [3.63, 3.8) is 0 Å². The lowest BCUT2D eigenvalue weighted by Gasteiger charge is -2.19. The minimum Gasteiger partial charge on any atom is -0.384 e. The molecule has 0 amide bonds. The molecule has 0 heterocycles. The average molecular weight is 170 g/mol. The minimum atomic E-state index is -3.25. The Morgan fingerprint density at radius 3 is 2.20 bits per heavy atom. The van der Waals surface area contributed by atoms with Crippen molar-refractivity contribution in [2.45, 2.75) is 19.3 Å². The molecule has 0 unspecified atom stereocenters. The molecule has 0 aromatic carbocycles. The quantitative estimate of drug-likeness (QED) is 0.473. The van der Waals surface area contributed by atoms with Gasteiger partial charge in [0, 0.05) is 7.11 Å². The van der Waals surface area contributed by atoms with Crippen LogP contribution in [0.15, 0.2) is 0 Å². The molecule has 0 atom stereocenters. The summed E-state index contributed by atoms with van der Waals surface area (Å²) in [5, 5.41) is 0. The van der Waals surface area contributed by atoms with Gasteiger partial charge < -0.3 is 9.18 Å². The summed E-state index contributed by atoms with van der Waals surface area (Å²) in [4.78, 5) is 0. The first kappa shape index (κ1) is 10.3. The lowest BCUT2D eigenvalue weighted by molar-refractivity contribution is 0.0841. The topological polar surface area (TPSA) is 18.5 Å². The summed E-state index contributed by atoms with van der Waals surface area (Å²) in [6.07, 6.45) is 0. The lowest BCUT2D eigenvalue weighted by atomic mass is 9.79. The summed E-state index contributed by atoms with van der Waals surface area (Å²) in [5.74, 6) is 0. The SMILES string of the molecule is COC(C)(C)BOP(F)F. The van der Waals surface area contributed by atoms with Crippen LogP contribution in [0.4, 0.5) is 8.39 Å². The zero-order valence-electron chi connectivity index (χ0n) is 6.23. The highest BCUT2D eigenvalue weighted by Gasteiger charge is 2.22. The van der Waals surface area contributed by atoms with Gasteiger partial charge in [0.2, 0.25) is 0 Å². The standard InChI is InChI=1S/C4H10BF2O2P/c1-4(2,8-3)5-9-10(6)7/h5H,1-3H3. The van der Waals surface area contributed by atoms with E-state index in [1.165, 1.54) is 7.11 Å². The molecule has 0 aliphatic rings. The fourth-order valence-electron chi connectivity index (χ4n) is 0.263.